The van der Waals surface area contributed by atoms with Crippen molar-refractivity contribution in [1.82, 2.24) is 24.3 Å². The van der Waals surface area contributed by atoms with Crippen molar-refractivity contribution in [3.8, 4) is 17.5 Å². The van der Waals surface area contributed by atoms with E-state index < -0.39 is 8.07 Å². The first-order valence-corrected chi connectivity index (χ1v) is 16.6. The minimum atomic E-state index is -1.14. The van der Waals surface area contributed by atoms with Crippen LogP contribution in [0, 0.1) is 6.92 Å². The molecule has 0 radical (unpaired) electrons. The lowest BCUT2D eigenvalue weighted by atomic mass is 10.2. The molecule has 0 atom stereocenters. The van der Waals surface area contributed by atoms with Crippen LogP contribution in [0.1, 0.15) is 11.4 Å². The summed E-state index contributed by atoms with van der Waals surface area (Å²) in [5.41, 5.74) is 2.95. The van der Waals surface area contributed by atoms with Crippen molar-refractivity contribution >= 4 is 29.9 Å². The Hall–Kier alpha value is -4.02. The number of rotatable bonds is 10. The van der Waals surface area contributed by atoms with Crippen molar-refractivity contribution in [2.75, 3.05) is 13.4 Å². The van der Waals surface area contributed by atoms with Crippen LogP contribution in [0.15, 0.2) is 65.6 Å². The molecule has 202 valence electrons. The summed E-state index contributed by atoms with van der Waals surface area (Å²) in [4.78, 5) is 22.3. The highest BCUT2D eigenvalue weighted by Gasteiger charge is 2.16. The second-order valence-corrected chi connectivity index (χ2v) is 16.4. The highest BCUT2D eigenvalue weighted by molar-refractivity contribution is 6.76. The first-order valence-electron chi connectivity index (χ1n) is 12.9. The summed E-state index contributed by atoms with van der Waals surface area (Å²) in [5.74, 6) is 1.44. The van der Waals surface area contributed by atoms with Crippen molar-refractivity contribution in [3.63, 3.8) is 0 Å². The smallest absolute Gasteiger partial charge is 0.291 e. The maximum atomic E-state index is 13.4. The number of ether oxygens (including phenoxy) is 3. The zero-order valence-electron chi connectivity index (χ0n) is 23.0. The minimum Gasteiger partial charge on any atom is -0.450 e. The molecule has 4 heterocycles. The van der Waals surface area contributed by atoms with E-state index in [1.54, 1.807) is 18.3 Å². The van der Waals surface area contributed by atoms with Gasteiger partial charge in [0.15, 0.2) is 6.79 Å². The summed E-state index contributed by atoms with van der Waals surface area (Å²) in [6.07, 6.45) is 1.74. The molecular weight excluding hydrogens is 510 g/mol. The fourth-order valence-electron chi connectivity index (χ4n) is 4.35. The van der Waals surface area contributed by atoms with Crippen molar-refractivity contribution in [3.05, 3.63) is 82.5 Å². The summed E-state index contributed by atoms with van der Waals surface area (Å²) < 4.78 is 20.6. The highest BCUT2D eigenvalue weighted by atomic mass is 28.3. The van der Waals surface area contributed by atoms with E-state index in [2.05, 4.69) is 34.7 Å². The first kappa shape index (κ1) is 26.6. The Bertz CT molecular complexity index is 1690. The van der Waals surface area contributed by atoms with Gasteiger partial charge in [-0.2, -0.15) is 10.1 Å². The second kappa shape index (κ2) is 11.0. The number of hydrogen-bond donors (Lipinski definition) is 0. The number of nitrogens with zero attached hydrogens (tertiary/aromatic N) is 5. The van der Waals surface area contributed by atoms with Crippen LogP contribution in [0.3, 0.4) is 0 Å². The molecule has 0 N–H and O–H groups in total. The molecule has 10 heteroatoms. The molecule has 0 saturated heterocycles. The third kappa shape index (κ3) is 6.18. The number of aryl methyl sites for hydroxylation is 2. The van der Waals surface area contributed by atoms with E-state index >= 15 is 0 Å². The van der Waals surface area contributed by atoms with E-state index in [9.17, 15) is 4.79 Å². The lowest BCUT2D eigenvalue weighted by Gasteiger charge is -2.15. The van der Waals surface area contributed by atoms with Gasteiger partial charge >= 0.3 is 0 Å². The van der Waals surface area contributed by atoms with E-state index in [4.69, 9.17) is 14.2 Å². The number of pyridine rings is 2. The molecule has 0 fully saturated rings. The van der Waals surface area contributed by atoms with Gasteiger partial charge in [-0.3, -0.25) is 9.78 Å². The van der Waals surface area contributed by atoms with E-state index in [0.29, 0.717) is 36.2 Å². The topological polar surface area (TPSA) is 93.3 Å². The van der Waals surface area contributed by atoms with Crippen LogP contribution in [0.25, 0.3) is 21.8 Å². The molecule has 0 aliphatic carbocycles. The molecule has 0 amide bonds. The summed E-state index contributed by atoms with van der Waals surface area (Å²) >= 11 is 0. The van der Waals surface area contributed by atoms with Gasteiger partial charge in [0.05, 0.1) is 24.0 Å². The van der Waals surface area contributed by atoms with E-state index in [1.807, 2.05) is 61.0 Å². The van der Waals surface area contributed by atoms with Crippen molar-refractivity contribution in [2.45, 2.75) is 39.2 Å². The van der Waals surface area contributed by atoms with Crippen LogP contribution >= 0.6 is 0 Å². The normalized spacial score (nSPS) is 11.8. The lowest BCUT2D eigenvalue weighted by Crippen LogP contribution is -2.24. The van der Waals surface area contributed by atoms with Crippen LogP contribution in [0.5, 0.6) is 17.5 Å². The molecule has 0 bridgehead atoms. The van der Waals surface area contributed by atoms with Gasteiger partial charge in [-0.1, -0.05) is 31.8 Å². The summed E-state index contributed by atoms with van der Waals surface area (Å²) in [6.45, 7) is 9.99. The van der Waals surface area contributed by atoms with Crippen molar-refractivity contribution in [2.24, 2.45) is 7.05 Å². The van der Waals surface area contributed by atoms with E-state index in [1.165, 1.54) is 4.68 Å². The van der Waals surface area contributed by atoms with E-state index in [0.717, 1.165) is 33.7 Å². The minimum absolute atomic E-state index is 0.147. The Morgan fingerprint density at radius 2 is 1.74 bits per heavy atom. The molecule has 39 heavy (non-hydrogen) atoms. The Morgan fingerprint density at radius 3 is 2.54 bits per heavy atom. The third-order valence-corrected chi connectivity index (χ3v) is 8.14. The van der Waals surface area contributed by atoms with E-state index in [-0.39, 0.29) is 12.4 Å². The fourth-order valence-corrected chi connectivity index (χ4v) is 5.10. The Kier molecular flexibility index (Phi) is 7.49. The van der Waals surface area contributed by atoms with Gasteiger partial charge in [0.25, 0.3) is 5.56 Å². The van der Waals surface area contributed by atoms with Crippen LogP contribution in [-0.4, -0.2) is 45.8 Å². The molecular formula is C29H33N5O4Si. The predicted octanol–water partition coefficient (Wildman–Crippen LogP) is 5.52. The summed E-state index contributed by atoms with van der Waals surface area (Å²) in [7, 11) is 0.735. The van der Waals surface area contributed by atoms with Gasteiger partial charge in [-0.25, -0.2) is 4.68 Å². The van der Waals surface area contributed by atoms with Crippen LogP contribution in [-0.2, 0) is 18.3 Å². The molecule has 0 unspecified atom stereocenters. The molecule has 0 aliphatic heterocycles. The summed E-state index contributed by atoms with van der Waals surface area (Å²) in [5, 5.41) is 6.14. The van der Waals surface area contributed by atoms with Crippen LogP contribution in [0.4, 0.5) is 0 Å². The predicted molar refractivity (Wildman–Crippen MR) is 154 cm³/mol. The summed E-state index contributed by atoms with van der Waals surface area (Å²) in [6, 6.07) is 17.9. The second-order valence-electron chi connectivity index (χ2n) is 10.8. The lowest BCUT2D eigenvalue weighted by molar-refractivity contribution is 0.0191. The van der Waals surface area contributed by atoms with Gasteiger partial charge in [0.2, 0.25) is 11.8 Å². The largest absolute Gasteiger partial charge is 0.450 e. The van der Waals surface area contributed by atoms with Crippen LogP contribution in [0.2, 0.25) is 25.7 Å². The molecule has 0 aliphatic rings. The maximum Gasteiger partial charge on any atom is 0.291 e. The molecule has 5 aromatic rings. The quantitative estimate of drug-likeness (QED) is 0.130. The van der Waals surface area contributed by atoms with Gasteiger partial charge < -0.3 is 18.8 Å². The maximum absolute atomic E-state index is 13.4. The monoisotopic (exact) mass is 543 g/mol. The third-order valence-electron chi connectivity index (χ3n) is 6.44. The number of hydrogen-bond acceptors (Lipinski definition) is 7. The first-order chi connectivity index (χ1) is 18.7. The zero-order chi connectivity index (χ0) is 27.6. The average Bonchev–Trinajstić information content (AvgIpc) is 3.17. The number of benzene rings is 1. The van der Waals surface area contributed by atoms with Gasteiger partial charge in [0, 0.05) is 56.4 Å². The van der Waals surface area contributed by atoms with Gasteiger partial charge in [0.1, 0.15) is 11.3 Å². The number of fused-ring (bicyclic) bond motifs is 3. The van der Waals surface area contributed by atoms with Crippen molar-refractivity contribution < 1.29 is 14.2 Å². The molecule has 0 spiro atoms. The molecule has 4 aromatic heterocycles. The molecule has 0 saturated carbocycles. The van der Waals surface area contributed by atoms with Crippen LogP contribution < -0.4 is 15.0 Å². The fraction of sp³-hybridized carbons (Fsp3) is 0.310. The Morgan fingerprint density at radius 1 is 0.949 bits per heavy atom. The van der Waals surface area contributed by atoms with Crippen molar-refractivity contribution in [1.29, 1.82) is 0 Å². The van der Waals surface area contributed by atoms with Gasteiger partial charge in [-0.15, -0.1) is 0 Å². The standard InChI is InChI=1S/C29H33N5O4Si/c1-20-8-6-9-21(31-20)18-34-29(35)28-24(17-30-34)23-13-12-22(16-25(23)33(28)2)38-27-11-7-10-26(32-27)37-19-36-14-15-39(3,4)5/h6-13,16-17H,14-15,18-19H2,1-5H3. The zero-order valence-corrected chi connectivity index (χ0v) is 24.0. The SMILES string of the molecule is Cc1cccc(Cn2ncc3c4ccc(Oc5cccc(OCOCC[Si](C)(C)C)n5)cc4n(C)c3c2=O)n1. The average molecular weight is 544 g/mol. The number of aromatic nitrogens is 5. The molecule has 9 nitrogen and oxygen atoms in total. The Labute approximate surface area is 228 Å². The molecule has 5 rings (SSSR count). The molecule has 1 aromatic carbocycles. The highest BCUT2D eigenvalue weighted by Crippen LogP contribution is 2.31. The Balaban J connectivity index is 1.34. The van der Waals surface area contributed by atoms with Gasteiger partial charge in [-0.05, 0) is 37.2 Å².